The van der Waals surface area contributed by atoms with Gasteiger partial charge in [-0.2, -0.15) is 5.10 Å². The maximum absolute atomic E-state index is 11.4. The van der Waals surface area contributed by atoms with Crippen LogP contribution in [0.1, 0.15) is 20.8 Å². The summed E-state index contributed by atoms with van der Waals surface area (Å²) in [5.74, 6) is -1.81. The number of hydrogen-bond donors (Lipinski definition) is 2. The lowest BCUT2D eigenvalue weighted by Crippen LogP contribution is -2.18. The number of rotatable bonds is 4. The second-order valence-corrected chi connectivity index (χ2v) is 3.99. The molecule has 1 aromatic carbocycles. The van der Waals surface area contributed by atoms with Crippen LogP contribution in [0.25, 0.3) is 5.69 Å². The number of carboxylic acid groups (broad SMARTS) is 1. The van der Waals surface area contributed by atoms with Crippen LogP contribution in [-0.4, -0.2) is 38.7 Å². The topological polar surface area (TPSA) is 127 Å². The Bertz CT molecular complexity index is 737. The van der Waals surface area contributed by atoms with E-state index in [0.29, 0.717) is 5.69 Å². The fourth-order valence-electron chi connectivity index (χ4n) is 1.71. The average Bonchev–Trinajstić information content (AvgIpc) is 2.95. The summed E-state index contributed by atoms with van der Waals surface area (Å²) in [7, 11) is 1.45. The molecule has 2 N–H and O–H groups in total. The van der Waals surface area contributed by atoms with Gasteiger partial charge in [0, 0.05) is 19.3 Å². The quantitative estimate of drug-likeness (QED) is 0.634. The molecular weight excluding hydrogens is 280 g/mol. The molecule has 0 aliphatic rings. The van der Waals surface area contributed by atoms with E-state index in [1.165, 1.54) is 30.1 Å². The van der Waals surface area contributed by atoms with E-state index in [2.05, 4.69) is 10.4 Å². The second kappa shape index (κ2) is 5.41. The van der Waals surface area contributed by atoms with Gasteiger partial charge in [-0.3, -0.25) is 14.9 Å². The van der Waals surface area contributed by atoms with Crippen LogP contribution >= 0.6 is 0 Å². The molecule has 0 radical (unpaired) electrons. The molecule has 0 aliphatic carbocycles. The molecule has 0 fully saturated rings. The van der Waals surface area contributed by atoms with Gasteiger partial charge in [0.05, 0.1) is 10.6 Å². The Morgan fingerprint density at radius 1 is 1.38 bits per heavy atom. The Kier molecular flexibility index (Phi) is 3.65. The van der Waals surface area contributed by atoms with Gasteiger partial charge in [0.2, 0.25) is 0 Å². The van der Waals surface area contributed by atoms with Crippen LogP contribution in [0, 0.1) is 10.1 Å². The molecule has 0 spiro atoms. The molecular formula is C12H10N4O5. The highest BCUT2D eigenvalue weighted by Gasteiger charge is 2.20. The monoisotopic (exact) mass is 290 g/mol. The number of nitro groups is 1. The van der Waals surface area contributed by atoms with Gasteiger partial charge >= 0.3 is 5.97 Å². The first-order chi connectivity index (χ1) is 9.93. The number of nitro benzene ring substituents is 1. The minimum absolute atomic E-state index is 0.146. The Labute approximate surface area is 118 Å². The van der Waals surface area contributed by atoms with Crippen LogP contribution in [0.5, 0.6) is 0 Å². The molecule has 0 bridgehead atoms. The highest BCUT2D eigenvalue weighted by atomic mass is 16.6. The van der Waals surface area contributed by atoms with Crippen LogP contribution in [0.3, 0.4) is 0 Å². The van der Waals surface area contributed by atoms with E-state index in [-0.39, 0.29) is 5.69 Å². The van der Waals surface area contributed by atoms with Crippen molar-refractivity contribution in [3.8, 4) is 5.69 Å². The molecule has 2 aromatic rings. The minimum atomic E-state index is -1.41. The fourth-order valence-corrected chi connectivity index (χ4v) is 1.71. The lowest BCUT2D eigenvalue weighted by atomic mass is 10.1. The molecule has 0 atom stereocenters. The Balaban J connectivity index is 2.48. The van der Waals surface area contributed by atoms with E-state index in [9.17, 15) is 19.7 Å². The van der Waals surface area contributed by atoms with Crippen LogP contribution in [0.2, 0.25) is 0 Å². The number of hydrogen-bond acceptors (Lipinski definition) is 5. The summed E-state index contributed by atoms with van der Waals surface area (Å²) in [4.78, 5) is 32.5. The predicted octanol–water partition coefficient (Wildman–Crippen LogP) is 0.838. The molecule has 0 saturated carbocycles. The van der Waals surface area contributed by atoms with Crippen molar-refractivity contribution >= 4 is 17.6 Å². The largest absolute Gasteiger partial charge is 0.477 e. The van der Waals surface area contributed by atoms with Crippen molar-refractivity contribution in [1.82, 2.24) is 15.1 Å². The lowest BCUT2D eigenvalue weighted by molar-refractivity contribution is -0.385. The van der Waals surface area contributed by atoms with Gasteiger partial charge < -0.3 is 10.4 Å². The number of nitrogens with one attached hydrogen (secondary N) is 1. The summed E-state index contributed by atoms with van der Waals surface area (Å²) >= 11 is 0. The smallest absolute Gasteiger partial charge is 0.342 e. The zero-order valence-corrected chi connectivity index (χ0v) is 10.8. The molecule has 1 amide bonds. The standard InChI is InChI=1S/C12H10N4O5/c1-13-11(17)9-4-5-15(14-9)7-2-3-10(16(20)21)8(6-7)12(18)19/h2-6H,1H3,(H,13,17)(H,18,19). The van der Waals surface area contributed by atoms with Crippen molar-refractivity contribution in [3.63, 3.8) is 0 Å². The van der Waals surface area contributed by atoms with Crippen molar-refractivity contribution in [2.45, 2.75) is 0 Å². The fraction of sp³-hybridized carbons (Fsp3) is 0.0833. The molecule has 0 unspecified atom stereocenters. The van der Waals surface area contributed by atoms with Gasteiger partial charge in [-0.25, -0.2) is 9.48 Å². The van der Waals surface area contributed by atoms with Crippen molar-refractivity contribution in [1.29, 1.82) is 0 Å². The van der Waals surface area contributed by atoms with Crippen LogP contribution in [0.4, 0.5) is 5.69 Å². The molecule has 108 valence electrons. The maximum Gasteiger partial charge on any atom is 0.342 e. The number of benzene rings is 1. The van der Waals surface area contributed by atoms with Crippen molar-refractivity contribution < 1.29 is 19.6 Å². The SMILES string of the molecule is CNC(=O)c1ccn(-c2ccc([N+](=O)[O-])c(C(=O)O)c2)n1. The summed E-state index contributed by atoms with van der Waals surface area (Å²) in [6.07, 6.45) is 1.46. The highest BCUT2D eigenvalue weighted by molar-refractivity contribution is 5.93. The third kappa shape index (κ3) is 2.71. The van der Waals surface area contributed by atoms with Gasteiger partial charge in [0.25, 0.3) is 11.6 Å². The molecule has 1 aromatic heterocycles. The minimum Gasteiger partial charge on any atom is -0.477 e. The number of aromatic carboxylic acids is 1. The normalized spacial score (nSPS) is 10.1. The van der Waals surface area contributed by atoms with Gasteiger partial charge in [-0.05, 0) is 18.2 Å². The van der Waals surface area contributed by atoms with E-state index in [1.54, 1.807) is 0 Å². The Morgan fingerprint density at radius 2 is 2.10 bits per heavy atom. The van der Waals surface area contributed by atoms with Gasteiger partial charge in [0.15, 0.2) is 5.69 Å². The summed E-state index contributed by atoms with van der Waals surface area (Å²) in [6.45, 7) is 0. The summed E-state index contributed by atoms with van der Waals surface area (Å²) in [5, 5.41) is 26.2. The lowest BCUT2D eigenvalue weighted by Gasteiger charge is -2.03. The second-order valence-electron chi connectivity index (χ2n) is 3.99. The molecule has 0 saturated heterocycles. The Hall–Kier alpha value is -3.23. The number of nitrogens with zero attached hydrogens (tertiary/aromatic N) is 3. The number of carbonyl (C=O) groups excluding carboxylic acids is 1. The molecule has 9 nitrogen and oxygen atoms in total. The molecule has 1 heterocycles. The first-order valence-electron chi connectivity index (χ1n) is 5.74. The van der Waals surface area contributed by atoms with Gasteiger partial charge in [-0.15, -0.1) is 0 Å². The molecule has 2 rings (SSSR count). The van der Waals surface area contributed by atoms with Crippen LogP contribution in [0.15, 0.2) is 30.5 Å². The molecule has 9 heteroatoms. The highest BCUT2D eigenvalue weighted by Crippen LogP contribution is 2.22. The number of aromatic nitrogens is 2. The van der Waals surface area contributed by atoms with E-state index >= 15 is 0 Å². The zero-order chi connectivity index (χ0) is 15.6. The maximum atomic E-state index is 11.4. The van der Waals surface area contributed by atoms with Gasteiger partial charge in [-0.1, -0.05) is 0 Å². The first-order valence-corrected chi connectivity index (χ1v) is 5.74. The van der Waals surface area contributed by atoms with E-state index in [4.69, 9.17) is 5.11 Å². The first kappa shape index (κ1) is 14.2. The van der Waals surface area contributed by atoms with E-state index in [1.807, 2.05) is 0 Å². The number of carbonyl (C=O) groups is 2. The summed E-state index contributed by atoms with van der Waals surface area (Å²) in [5.41, 5.74) is -0.514. The third-order valence-electron chi connectivity index (χ3n) is 2.72. The average molecular weight is 290 g/mol. The summed E-state index contributed by atoms with van der Waals surface area (Å²) in [6, 6.07) is 5.01. The van der Waals surface area contributed by atoms with E-state index < -0.39 is 28.1 Å². The van der Waals surface area contributed by atoms with E-state index in [0.717, 1.165) is 12.1 Å². The Morgan fingerprint density at radius 3 is 2.67 bits per heavy atom. The molecule has 0 aliphatic heterocycles. The van der Waals surface area contributed by atoms with Crippen molar-refractivity contribution in [3.05, 3.63) is 51.8 Å². The summed E-state index contributed by atoms with van der Waals surface area (Å²) < 4.78 is 1.26. The predicted molar refractivity (Wildman–Crippen MR) is 70.6 cm³/mol. The molecule has 21 heavy (non-hydrogen) atoms. The van der Waals surface area contributed by atoms with Crippen LogP contribution < -0.4 is 5.32 Å². The van der Waals surface area contributed by atoms with Gasteiger partial charge in [0.1, 0.15) is 5.56 Å². The third-order valence-corrected chi connectivity index (χ3v) is 2.72. The van der Waals surface area contributed by atoms with Crippen molar-refractivity contribution in [2.75, 3.05) is 7.05 Å². The van der Waals surface area contributed by atoms with Crippen LogP contribution in [-0.2, 0) is 0 Å². The number of amides is 1. The zero-order valence-electron chi connectivity index (χ0n) is 10.8. The number of carboxylic acids is 1. The van der Waals surface area contributed by atoms with Crippen molar-refractivity contribution in [2.24, 2.45) is 0 Å².